The molecule has 0 heterocycles. The van der Waals surface area contributed by atoms with Gasteiger partial charge in [-0.1, -0.05) is 24.3 Å². The van der Waals surface area contributed by atoms with Gasteiger partial charge in [-0.3, -0.25) is 4.79 Å². The molecule has 0 spiro atoms. The molecule has 0 saturated heterocycles. The summed E-state index contributed by atoms with van der Waals surface area (Å²) in [6.07, 6.45) is 0. The fourth-order valence-corrected chi connectivity index (χ4v) is 1.82. The molecule has 0 aliphatic rings. The standard InChI is InChI=1S/C14H13NO5/c16-12-6-2-3-9-10(12)4-1-5-11(9)15-13(17)7-20-8-14(18)19/h1-6,16H,7-8H2,(H,15,17)(H,18,19). The minimum absolute atomic E-state index is 0.126. The maximum Gasteiger partial charge on any atom is 0.329 e. The van der Waals surface area contributed by atoms with Gasteiger partial charge in [0.1, 0.15) is 19.0 Å². The number of aromatic hydroxyl groups is 1. The molecule has 2 aromatic rings. The molecule has 20 heavy (non-hydrogen) atoms. The van der Waals surface area contributed by atoms with Gasteiger partial charge in [0.05, 0.1) is 0 Å². The average molecular weight is 275 g/mol. The normalized spacial score (nSPS) is 10.4. The number of ether oxygens (including phenoxy) is 1. The van der Waals surface area contributed by atoms with Crippen LogP contribution in [-0.4, -0.2) is 35.3 Å². The number of carbonyl (C=O) groups is 2. The Morgan fingerprint density at radius 1 is 1.05 bits per heavy atom. The van der Waals surface area contributed by atoms with Gasteiger partial charge in [0, 0.05) is 16.5 Å². The van der Waals surface area contributed by atoms with E-state index in [2.05, 4.69) is 5.32 Å². The summed E-state index contributed by atoms with van der Waals surface area (Å²) in [5.74, 6) is -1.46. The van der Waals surface area contributed by atoms with Crippen molar-refractivity contribution in [2.75, 3.05) is 18.5 Å². The number of carboxylic acids is 1. The summed E-state index contributed by atoms with van der Waals surface area (Å²) >= 11 is 0. The molecule has 0 fully saturated rings. The largest absolute Gasteiger partial charge is 0.507 e. The van der Waals surface area contributed by atoms with Crippen LogP contribution in [0.1, 0.15) is 0 Å². The smallest absolute Gasteiger partial charge is 0.329 e. The van der Waals surface area contributed by atoms with Crippen LogP contribution in [0.25, 0.3) is 10.8 Å². The monoisotopic (exact) mass is 275 g/mol. The van der Waals surface area contributed by atoms with E-state index in [1.165, 1.54) is 0 Å². The molecule has 2 aromatic carbocycles. The quantitative estimate of drug-likeness (QED) is 0.770. The number of amides is 1. The van der Waals surface area contributed by atoms with Crippen molar-refractivity contribution in [3.63, 3.8) is 0 Å². The highest BCUT2D eigenvalue weighted by Gasteiger charge is 2.08. The Labute approximate surface area is 114 Å². The summed E-state index contributed by atoms with van der Waals surface area (Å²) in [5.41, 5.74) is 0.530. The molecule has 0 radical (unpaired) electrons. The number of hydrogen-bond donors (Lipinski definition) is 3. The minimum atomic E-state index is -1.13. The van der Waals surface area contributed by atoms with Gasteiger partial charge in [0.25, 0.3) is 0 Å². The molecule has 104 valence electrons. The molecule has 0 aromatic heterocycles. The maximum absolute atomic E-state index is 11.6. The van der Waals surface area contributed by atoms with Crippen molar-refractivity contribution in [1.29, 1.82) is 0 Å². The molecular formula is C14H13NO5. The molecule has 0 saturated carbocycles. The lowest BCUT2D eigenvalue weighted by Crippen LogP contribution is -2.20. The van der Waals surface area contributed by atoms with Gasteiger partial charge in [-0.2, -0.15) is 0 Å². The van der Waals surface area contributed by atoms with Crippen molar-refractivity contribution in [2.24, 2.45) is 0 Å². The topological polar surface area (TPSA) is 95.9 Å². The van der Waals surface area contributed by atoms with E-state index >= 15 is 0 Å². The van der Waals surface area contributed by atoms with Crippen molar-refractivity contribution in [2.45, 2.75) is 0 Å². The number of phenols is 1. The van der Waals surface area contributed by atoms with Crippen molar-refractivity contribution in [3.05, 3.63) is 36.4 Å². The van der Waals surface area contributed by atoms with E-state index in [0.29, 0.717) is 16.5 Å². The lowest BCUT2D eigenvalue weighted by atomic mass is 10.1. The molecule has 1 amide bonds. The van der Waals surface area contributed by atoms with Crippen LogP contribution in [-0.2, 0) is 14.3 Å². The molecule has 0 aliphatic carbocycles. The highest BCUT2D eigenvalue weighted by atomic mass is 16.5. The molecule has 0 unspecified atom stereocenters. The average Bonchev–Trinajstić information content (AvgIpc) is 2.39. The first-order chi connectivity index (χ1) is 9.58. The number of aliphatic carboxylic acids is 1. The number of carboxylic acid groups (broad SMARTS) is 1. The van der Waals surface area contributed by atoms with E-state index in [4.69, 9.17) is 9.84 Å². The Kier molecular flexibility index (Phi) is 4.17. The van der Waals surface area contributed by atoms with E-state index in [1.54, 1.807) is 36.4 Å². The first kappa shape index (κ1) is 13.8. The number of phenolic OH excluding ortho intramolecular Hbond substituents is 1. The Morgan fingerprint density at radius 3 is 2.50 bits per heavy atom. The Bertz CT molecular complexity index is 653. The van der Waals surface area contributed by atoms with E-state index < -0.39 is 18.5 Å². The number of anilines is 1. The van der Waals surface area contributed by atoms with Crippen LogP contribution in [0.5, 0.6) is 5.75 Å². The van der Waals surface area contributed by atoms with Crippen LogP contribution < -0.4 is 5.32 Å². The predicted octanol–water partition coefficient (Wildman–Crippen LogP) is 1.59. The van der Waals surface area contributed by atoms with Crippen molar-refractivity contribution in [1.82, 2.24) is 0 Å². The molecule has 6 heteroatoms. The summed E-state index contributed by atoms with van der Waals surface area (Å²) in [6.45, 7) is -0.870. The van der Waals surface area contributed by atoms with Crippen molar-refractivity contribution in [3.8, 4) is 5.75 Å². The highest BCUT2D eigenvalue weighted by molar-refractivity contribution is 6.04. The van der Waals surface area contributed by atoms with Crippen LogP contribution in [0.3, 0.4) is 0 Å². The van der Waals surface area contributed by atoms with Crippen LogP contribution in [0.15, 0.2) is 36.4 Å². The number of fused-ring (bicyclic) bond motifs is 1. The Hall–Kier alpha value is -2.60. The fourth-order valence-electron chi connectivity index (χ4n) is 1.82. The zero-order chi connectivity index (χ0) is 14.5. The summed E-state index contributed by atoms with van der Waals surface area (Å²) in [7, 11) is 0. The Balaban J connectivity index is 2.12. The van der Waals surface area contributed by atoms with Gasteiger partial charge in [-0.25, -0.2) is 4.79 Å². The number of nitrogens with one attached hydrogen (secondary N) is 1. The van der Waals surface area contributed by atoms with Gasteiger partial charge in [-0.05, 0) is 12.1 Å². The molecular weight excluding hydrogens is 262 g/mol. The molecule has 0 atom stereocenters. The zero-order valence-electron chi connectivity index (χ0n) is 10.5. The van der Waals surface area contributed by atoms with Crippen LogP contribution >= 0.6 is 0 Å². The number of benzene rings is 2. The molecule has 6 nitrogen and oxygen atoms in total. The Morgan fingerprint density at radius 2 is 1.75 bits per heavy atom. The van der Waals surface area contributed by atoms with Gasteiger partial charge in [-0.15, -0.1) is 0 Å². The fraction of sp³-hybridized carbons (Fsp3) is 0.143. The van der Waals surface area contributed by atoms with E-state index in [-0.39, 0.29) is 12.4 Å². The van der Waals surface area contributed by atoms with E-state index in [9.17, 15) is 14.7 Å². The molecule has 0 aliphatic heterocycles. The van der Waals surface area contributed by atoms with Gasteiger partial charge in [0.15, 0.2) is 0 Å². The predicted molar refractivity (Wildman–Crippen MR) is 72.7 cm³/mol. The van der Waals surface area contributed by atoms with E-state index in [1.807, 2.05) is 0 Å². The zero-order valence-corrected chi connectivity index (χ0v) is 10.5. The SMILES string of the molecule is O=C(O)COCC(=O)Nc1cccc2c(O)cccc12. The first-order valence-electron chi connectivity index (χ1n) is 5.88. The summed E-state index contributed by atoms with van der Waals surface area (Å²) in [6, 6.07) is 10.1. The van der Waals surface area contributed by atoms with Crippen LogP contribution in [0.2, 0.25) is 0 Å². The lowest BCUT2D eigenvalue weighted by molar-refractivity contribution is -0.143. The second kappa shape index (κ2) is 6.03. The summed E-state index contributed by atoms with van der Waals surface area (Å²) in [4.78, 5) is 21.9. The van der Waals surface area contributed by atoms with Crippen LogP contribution in [0.4, 0.5) is 5.69 Å². The third-order valence-corrected chi connectivity index (χ3v) is 2.63. The molecule has 0 bridgehead atoms. The van der Waals surface area contributed by atoms with Gasteiger partial charge >= 0.3 is 5.97 Å². The highest BCUT2D eigenvalue weighted by Crippen LogP contribution is 2.29. The minimum Gasteiger partial charge on any atom is -0.507 e. The number of carbonyl (C=O) groups excluding carboxylic acids is 1. The van der Waals surface area contributed by atoms with Crippen molar-refractivity contribution >= 4 is 28.3 Å². The number of hydrogen-bond acceptors (Lipinski definition) is 4. The van der Waals surface area contributed by atoms with E-state index in [0.717, 1.165) is 0 Å². The second-order valence-corrected chi connectivity index (χ2v) is 4.11. The summed E-state index contributed by atoms with van der Waals surface area (Å²) in [5, 5.41) is 22.1. The maximum atomic E-state index is 11.6. The van der Waals surface area contributed by atoms with Gasteiger partial charge in [0.2, 0.25) is 5.91 Å². The first-order valence-corrected chi connectivity index (χ1v) is 5.88. The molecule has 3 N–H and O–H groups in total. The third-order valence-electron chi connectivity index (χ3n) is 2.63. The number of rotatable bonds is 5. The van der Waals surface area contributed by atoms with Crippen LogP contribution in [0, 0.1) is 0 Å². The summed E-state index contributed by atoms with van der Waals surface area (Å²) < 4.78 is 4.70. The lowest BCUT2D eigenvalue weighted by Gasteiger charge is -2.09. The second-order valence-electron chi connectivity index (χ2n) is 4.11. The third kappa shape index (κ3) is 3.24. The molecule has 2 rings (SSSR count). The van der Waals surface area contributed by atoms with Gasteiger partial charge < -0.3 is 20.3 Å². The van der Waals surface area contributed by atoms with Crippen molar-refractivity contribution < 1.29 is 24.5 Å².